The minimum Gasteiger partial charge on any atom is -0.294 e. The first-order chi connectivity index (χ1) is 7.25. The molecule has 1 nitrogen and oxygen atoms in total. The highest BCUT2D eigenvalue weighted by molar-refractivity contribution is 7.81. The van der Waals surface area contributed by atoms with E-state index in [0.29, 0.717) is 6.42 Å². The number of ketones is 1. The molecule has 0 heterocycles. The van der Waals surface area contributed by atoms with Crippen molar-refractivity contribution in [2.75, 3.05) is 0 Å². The van der Waals surface area contributed by atoms with Gasteiger partial charge in [0, 0.05) is 22.4 Å². The summed E-state index contributed by atoms with van der Waals surface area (Å²) in [6.07, 6.45) is 0.404. The number of carbonyl (C=O) groups is 1. The zero-order chi connectivity index (χ0) is 10.4. The fourth-order valence-corrected chi connectivity index (χ4v) is 2.34. The monoisotopic (exact) mass is 212 g/mol. The smallest absolute Gasteiger partial charge is 0.168 e. The molecule has 1 aliphatic carbocycles. The maximum atomic E-state index is 11.6. The molecule has 0 fully saturated rings. The molecule has 2 heteroatoms. The Labute approximate surface area is 92.7 Å². The molecule has 15 heavy (non-hydrogen) atoms. The lowest BCUT2D eigenvalue weighted by atomic mass is 10.0. The second kappa shape index (κ2) is 2.97. The molecule has 1 aliphatic rings. The average molecular weight is 212 g/mol. The van der Waals surface area contributed by atoms with Crippen molar-refractivity contribution < 1.29 is 4.79 Å². The van der Waals surface area contributed by atoms with Crippen LogP contribution in [0.2, 0.25) is 0 Å². The molecule has 72 valence electrons. The Morgan fingerprint density at radius 2 is 1.60 bits per heavy atom. The van der Waals surface area contributed by atoms with Gasteiger partial charge in [-0.3, -0.25) is 4.79 Å². The van der Waals surface area contributed by atoms with E-state index in [1.165, 1.54) is 0 Å². The predicted octanol–water partition coefficient (Wildman–Crippen LogP) is 3.14. The van der Waals surface area contributed by atoms with E-state index in [-0.39, 0.29) is 5.78 Å². The molecule has 3 rings (SSSR count). The van der Waals surface area contributed by atoms with Crippen LogP contribution in [0, 0.1) is 0 Å². The Morgan fingerprint density at radius 1 is 1.00 bits per heavy atom. The number of hydrogen-bond donors (Lipinski definition) is 0. The Kier molecular flexibility index (Phi) is 1.73. The molecule has 0 radical (unpaired) electrons. The van der Waals surface area contributed by atoms with Crippen molar-refractivity contribution in [3.63, 3.8) is 0 Å². The van der Waals surface area contributed by atoms with Crippen molar-refractivity contribution in [3.8, 4) is 0 Å². The molecule has 0 saturated carbocycles. The molecule has 2 aromatic rings. The second-order valence-electron chi connectivity index (χ2n) is 3.77. The highest BCUT2D eigenvalue weighted by Crippen LogP contribution is 2.27. The average Bonchev–Trinajstić information content (AvgIpc) is 2.52. The van der Waals surface area contributed by atoms with Gasteiger partial charge in [0.1, 0.15) is 0 Å². The molecule has 0 unspecified atom stereocenters. The molecule has 0 aliphatic heterocycles. The Bertz CT molecular complexity index is 546. The highest BCUT2D eigenvalue weighted by Gasteiger charge is 2.24. The van der Waals surface area contributed by atoms with Crippen molar-refractivity contribution in [1.29, 1.82) is 0 Å². The van der Waals surface area contributed by atoms with Gasteiger partial charge in [0.15, 0.2) is 5.78 Å². The summed E-state index contributed by atoms with van der Waals surface area (Å²) in [5.74, 6) is 0.153. The summed E-state index contributed by atoms with van der Waals surface area (Å²) in [5.41, 5.74) is 1.74. The third-order valence-electron chi connectivity index (χ3n) is 2.81. The van der Waals surface area contributed by atoms with E-state index in [1.54, 1.807) is 0 Å². The summed E-state index contributed by atoms with van der Waals surface area (Å²) in [7, 11) is 0. The highest BCUT2D eigenvalue weighted by atomic mass is 32.1. The number of rotatable bonds is 0. The predicted molar refractivity (Wildman–Crippen MR) is 64.6 cm³/mol. The molecular formula is C13H8OS. The van der Waals surface area contributed by atoms with Crippen LogP contribution in [0.25, 0.3) is 10.8 Å². The van der Waals surface area contributed by atoms with Crippen LogP contribution in [-0.4, -0.2) is 10.6 Å². The van der Waals surface area contributed by atoms with Gasteiger partial charge in [-0.2, -0.15) is 0 Å². The van der Waals surface area contributed by atoms with E-state index in [9.17, 15) is 4.79 Å². The number of benzene rings is 2. The lowest BCUT2D eigenvalue weighted by Crippen LogP contribution is -1.90. The van der Waals surface area contributed by atoms with E-state index in [1.807, 2.05) is 36.4 Å². The topological polar surface area (TPSA) is 17.1 Å². The van der Waals surface area contributed by atoms with E-state index in [0.717, 1.165) is 26.8 Å². The van der Waals surface area contributed by atoms with Gasteiger partial charge in [-0.15, -0.1) is 0 Å². The quantitative estimate of drug-likeness (QED) is 0.624. The van der Waals surface area contributed by atoms with Crippen LogP contribution in [0.3, 0.4) is 0 Å². The molecule has 0 spiro atoms. The van der Waals surface area contributed by atoms with Gasteiger partial charge in [0.25, 0.3) is 0 Å². The number of hydrogen-bond acceptors (Lipinski definition) is 2. The van der Waals surface area contributed by atoms with Gasteiger partial charge >= 0.3 is 0 Å². The molecule has 0 amide bonds. The number of Topliss-reactive ketones (excluding diaryl/α,β-unsaturated/α-hetero) is 1. The van der Waals surface area contributed by atoms with E-state index >= 15 is 0 Å². The maximum absolute atomic E-state index is 11.6. The van der Waals surface area contributed by atoms with Crippen LogP contribution in [0.1, 0.15) is 22.3 Å². The summed E-state index contributed by atoms with van der Waals surface area (Å²) in [5, 5.41) is 2.25. The minimum atomic E-state index is 0.153. The second-order valence-corrected chi connectivity index (χ2v) is 4.26. The maximum Gasteiger partial charge on any atom is 0.168 e. The summed E-state index contributed by atoms with van der Waals surface area (Å²) in [4.78, 5) is 12.4. The Balaban J connectivity index is 2.41. The van der Waals surface area contributed by atoms with E-state index in [4.69, 9.17) is 12.2 Å². The van der Waals surface area contributed by atoms with Crippen LogP contribution < -0.4 is 0 Å². The fourth-order valence-electron chi connectivity index (χ4n) is 2.04. The summed E-state index contributed by atoms with van der Waals surface area (Å²) >= 11 is 5.19. The third-order valence-corrected chi connectivity index (χ3v) is 3.17. The zero-order valence-corrected chi connectivity index (χ0v) is 8.80. The lowest BCUT2D eigenvalue weighted by Gasteiger charge is -2.01. The largest absolute Gasteiger partial charge is 0.294 e. The third kappa shape index (κ3) is 1.22. The minimum absolute atomic E-state index is 0.153. The molecular weight excluding hydrogens is 204 g/mol. The first kappa shape index (κ1) is 8.74. The van der Waals surface area contributed by atoms with Crippen molar-refractivity contribution >= 4 is 33.6 Å². The summed E-state index contributed by atoms with van der Waals surface area (Å²) < 4.78 is 0. The molecule has 0 saturated heterocycles. The molecule has 0 atom stereocenters. The van der Waals surface area contributed by atoms with E-state index in [2.05, 4.69) is 0 Å². The van der Waals surface area contributed by atoms with Gasteiger partial charge in [0.05, 0.1) is 0 Å². The number of carbonyl (C=O) groups excluding carboxylic acids is 1. The van der Waals surface area contributed by atoms with Gasteiger partial charge in [0.2, 0.25) is 0 Å². The zero-order valence-electron chi connectivity index (χ0n) is 7.99. The Morgan fingerprint density at radius 3 is 2.27 bits per heavy atom. The SMILES string of the molecule is O=C1CC(=S)c2cc3ccccc3cc21. The van der Waals surface area contributed by atoms with Crippen molar-refractivity contribution in [1.82, 2.24) is 0 Å². The first-order valence-corrected chi connectivity index (χ1v) is 5.26. The lowest BCUT2D eigenvalue weighted by molar-refractivity contribution is 0.101. The summed E-state index contributed by atoms with van der Waals surface area (Å²) in [6.45, 7) is 0. The van der Waals surface area contributed by atoms with Crippen LogP contribution >= 0.6 is 12.2 Å². The van der Waals surface area contributed by atoms with Crippen LogP contribution in [0.5, 0.6) is 0 Å². The van der Waals surface area contributed by atoms with Crippen molar-refractivity contribution in [2.24, 2.45) is 0 Å². The molecule has 0 aromatic heterocycles. The number of thiocarbonyl (C=S) groups is 1. The van der Waals surface area contributed by atoms with Crippen molar-refractivity contribution in [3.05, 3.63) is 47.5 Å². The van der Waals surface area contributed by atoms with E-state index < -0.39 is 0 Å². The normalized spacial score (nSPS) is 14.7. The van der Waals surface area contributed by atoms with Gasteiger partial charge < -0.3 is 0 Å². The van der Waals surface area contributed by atoms with Crippen LogP contribution in [-0.2, 0) is 0 Å². The molecule has 0 N–H and O–H groups in total. The van der Waals surface area contributed by atoms with Gasteiger partial charge in [-0.25, -0.2) is 0 Å². The molecule has 0 bridgehead atoms. The van der Waals surface area contributed by atoms with Crippen molar-refractivity contribution in [2.45, 2.75) is 6.42 Å². The van der Waals surface area contributed by atoms with Crippen LogP contribution in [0.4, 0.5) is 0 Å². The standard InChI is InChI=1S/C13H8OS/c14-12-7-13(15)11-6-9-4-2-1-3-8(9)5-10(11)12/h1-6H,7H2. The summed E-state index contributed by atoms with van der Waals surface area (Å²) in [6, 6.07) is 12.0. The molecule has 2 aromatic carbocycles. The van der Waals surface area contributed by atoms with Gasteiger partial charge in [-0.1, -0.05) is 36.5 Å². The van der Waals surface area contributed by atoms with Gasteiger partial charge in [-0.05, 0) is 22.9 Å². The first-order valence-electron chi connectivity index (χ1n) is 4.85. The number of fused-ring (bicyclic) bond motifs is 2. The Hall–Kier alpha value is -1.54. The van der Waals surface area contributed by atoms with Crippen LogP contribution in [0.15, 0.2) is 36.4 Å². The fraction of sp³-hybridized carbons (Fsp3) is 0.0769.